The normalized spacial score (nSPS) is 24.6. The Kier molecular flexibility index (Phi) is 6.69. The third-order valence-corrected chi connectivity index (χ3v) is 7.68. The van der Waals surface area contributed by atoms with Crippen LogP contribution in [0, 0.1) is 17.8 Å². The van der Waals surface area contributed by atoms with Crippen LogP contribution in [0.25, 0.3) is 0 Å². The van der Waals surface area contributed by atoms with Gasteiger partial charge in [-0.25, -0.2) is 0 Å². The Bertz CT molecular complexity index is 1080. The van der Waals surface area contributed by atoms with E-state index in [2.05, 4.69) is 36.1 Å². The molecule has 176 valence electrons. The van der Waals surface area contributed by atoms with Crippen molar-refractivity contribution >= 4 is 11.8 Å². The van der Waals surface area contributed by atoms with Gasteiger partial charge in [0, 0.05) is 30.4 Å². The van der Waals surface area contributed by atoms with Crippen molar-refractivity contribution < 1.29 is 14.7 Å². The van der Waals surface area contributed by atoms with Gasteiger partial charge < -0.3 is 14.9 Å². The number of hydrogen-bond acceptors (Lipinski definition) is 3. The molecule has 1 aliphatic carbocycles. The van der Waals surface area contributed by atoms with E-state index in [9.17, 15) is 14.7 Å². The predicted octanol–water partition coefficient (Wildman–Crippen LogP) is 3.36. The molecule has 2 aromatic rings. The van der Waals surface area contributed by atoms with Gasteiger partial charge in [0.05, 0.1) is 25.2 Å². The SMILES string of the molecule is O=C(C1CCCCC1)N1CC(=O)N2[C@H](CO)[C@H](c3ccc(C#CCc4ccccc4)cc3)[C@@H]2C1. The maximum Gasteiger partial charge on any atom is 0.242 e. The number of amides is 2. The van der Waals surface area contributed by atoms with Crippen LogP contribution < -0.4 is 0 Å². The van der Waals surface area contributed by atoms with E-state index in [0.717, 1.165) is 36.8 Å². The van der Waals surface area contributed by atoms with Crippen LogP contribution in [0.5, 0.6) is 0 Å². The fourth-order valence-corrected chi connectivity index (χ4v) is 5.91. The smallest absolute Gasteiger partial charge is 0.242 e. The molecule has 34 heavy (non-hydrogen) atoms. The lowest BCUT2D eigenvalue weighted by molar-refractivity contribution is -0.168. The molecule has 0 unspecified atom stereocenters. The van der Waals surface area contributed by atoms with E-state index in [1.54, 1.807) is 4.90 Å². The average Bonchev–Trinajstić information content (AvgIpc) is 2.87. The summed E-state index contributed by atoms with van der Waals surface area (Å²) in [5.41, 5.74) is 3.24. The van der Waals surface area contributed by atoms with Gasteiger partial charge in [-0.05, 0) is 36.1 Å². The molecule has 3 fully saturated rings. The first-order valence-corrected chi connectivity index (χ1v) is 12.5. The summed E-state index contributed by atoms with van der Waals surface area (Å²) in [6, 6.07) is 18.0. The van der Waals surface area contributed by atoms with Crippen LogP contribution >= 0.6 is 0 Å². The van der Waals surface area contributed by atoms with Crippen LogP contribution in [0.4, 0.5) is 0 Å². The maximum atomic E-state index is 13.1. The number of aliphatic hydroxyl groups excluding tert-OH is 1. The van der Waals surface area contributed by atoms with Crippen molar-refractivity contribution in [2.24, 2.45) is 5.92 Å². The zero-order valence-corrected chi connectivity index (χ0v) is 19.5. The summed E-state index contributed by atoms with van der Waals surface area (Å²) in [5.74, 6) is 6.65. The molecule has 3 aliphatic rings. The highest BCUT2D eigenvalue weighted by molar-refractivity contribution is 5.88. The molecular weight excluding hydrogens is 424 g/mol. The molecule has 0 radical (unpaired) electrons. The van der Waals surface area contributed by atoms with Crippen molar-refractivity contribution in [3.05, 3.63) is 71.3 Å². The maximum absolute atomic E-state index is 13.1. The highest BCUT2D eigenvalue weighted by Crippen LogP contribution is 2.43. The van der Waals surface area contributed by atoms with Crippen molar-refractivity contribution in [1.29, 1.82) is 0 Å². The monoisotopic (exact) mass is 456 g/mol. The molecule has 0 aromatic heterocycles. The first kappa shape index (κ1) is 22.7. The number of aliphatic hydroxyl groups is 1. The van der Waals surface area contributed by atoms with Crippen LogP contribution in [0.1, 0.15) is 54.7 Å². The van der Waals surface area contributed by atoms with Gasteiger partial charge >= 0.3 is 0 Å². The lowest BCUT2D eigenvalue weighted by atomic mass is 9.73. The van der Waals surface area contributed by atoms with E-state index in [4.69, 9.17) is 0 Å². The van der Waals surface area contributed by atoms with Gasteiger partial charge in [0.25, 0.3) is 0 Å². The fraction of sp³-hybridized carbons (Fsp3) is 0.448. The summed E-state index contributed by atoms with van der Waals surface area (Å²) in [7, 11) is 0. The zero-order chi connectivity index (χ0) is 23.5. The van der Waals surface area contributed by atoms with E-state index in [-0.39, 0.29) is 48.9 Å². The van der Waals surface area contributed by atoms with E-state index in [0.29, 0.717) is 13.0 Å². The number of carbonyl (C=O) groups excluding carboxylic acids is 2. The van der Waals surface area contributed by atoms with Crippen LogP contribution in [-0.4, -0.2) is 58.5 Å². The van der Waals surface area contributed by atoms with E-state index < -0.39 is 0 Å². The Morgan fingerprint density at radius 3 is 2.44 bits per heavy atom. The van der Waals surface area contributed by atoms with Crippen molar-refractivity contribution in [2.75, 3.05) is 19.7 Å². The molecular formula is C29H32N2O3. The van der Waals surface area contributed by atoms with Crippen LogP contribution in [0.2, 0.25) is 0 Å². The second-order valence-electron chi connectivity index (χ2n) is 9.78. The van der Waals surface area contributed by atoms with Crippen molar-refractivity contribution in [3.8, 4) is 11.8 Å². The summed E-state index contributed by atoms with van der Waals surface area (Å²) in [4.78, 5) is 29.6. The molecule has 5 rings (SSSR count). The summed E-state index contributed by atoms with van der Waals surface area (Å²) >= 11 is 0. The number of rotatable bonds is 4. The predicted molar refractivity (Wildman–Crippen MR) is 131 cm³/mol. The summed E-state index contributed by atoms with van der Waals surface area (Å²) in [6.07, 6.45) is 5.99. The average molecular weight is 457 g/mol. The number of hydrogen-bond donors (Lipinski definition) is 1. The number of fused-ring (bicyclic) bond motifs is 1. The Hall–Kier alpha value is -3.10. The van der Waals surface area contributed by atoms with Crippen LogP contribution in [-0.2, 0) is 16.0 Å². The zero-order valence-electron chi connectivity index (χ0n) is 19.5. The first-order valence-electron chi connectivity index (χ1n) is 12.5. The summed E-state index contributed by atoms with van der Waals surface area (Å²) in [5, 5.41) is 10.0. The van der Waals surface area contributed by atoms with Crippen LogP contribution in [0.3, 0.4) is 0 Å². The molecule has 1 saturated carbocycles. The van der Waals surface area contributed by atoms with Crippen LogP contribution in [0.15, 0.2) is 54.6 Å². The minimum absolute atomic E-state index is 0.0298. The number of nitrogens with zero attached hydrogens (tertiary/aromatic N) is 2. The van der Waals surface area contributed by atoms with E-state index in [1.807, 2.05) is 35.2 Å². The van der Waals surface area contributed by atoms with Gasteiger partial charge in [-0.15, -0.1) is 0 Å². The second kappa shape index (κ2) is 10.0. The number of piperazine rings is 1. The molecule has 5 nitrogen and oxygen atoms in total. The van der Waals surface area contributed by atoms with Gasteiger partial charge in [0.2, 0.25) is 11.8 Å². The Labute approximate surface area is 201 Å². The van der Waals surface area contributed by atoms with Crippen molar-refractivity contribution in [1.82, 2.24) is 9.80 Å². The highest BCUT2D eigenvalue weighted by atomic mass is 16.3. The second-order valence-corrected chi connectivity index (χ2v) is 9.78. The summed E-state index contributed by atoms with van der Waals surface area (Å²) < 4.78 is 0. The Morgan fingerprint density at radius 1 is 1.00 bits per heavy atom. The number of carbonyl (C=O) groups is 2. The Morgan fingerprint density at radius 2 is 1.74 bits per heavy atom. The van der Waals surface area contributed by atoms with Gasteiger partial charge in [-0.1, -0.05) is 73.6 Å². The molecule has 5 heteroatoms. The quantitative estimate of drug-likeness (QED) is 0.718. The minimum atomic E-state index is -0.223. The highest BCUT2D eigenvalue weighted by Gasteiger charge is 2.54. The van der Waals surface area contributed by atoms with E-state index >= 15 is 0 Å². The van der Waals surface area contributed by atoms with Gasteiger partial charge in [-0.3, -0.25) is 9.59 Å². The van der Waals surface area contributed by atoms with Crippen molar-refractivity contribution in [2.45, 2.75) is 56.5 Å². The molecule has 0 bridgehead atoms. The molecule has 0 spiro atoms. The third-order valence-electron chi connectivity index (χ3n) is 7.68. The van der Waals surface area contributed by atoms with Gasteiger partial charge in [0.15, 0.2) is 0 Å². The van der Waals surface area contributed by atoms with Gasteiger partial charge in [-0.2, -0.15) is 0 Å². The molecule has 3 atom stereocenters. The first-order chi connectivity index (χ1) is 16.7. The fourth-order valence-electron chi connectivity index (χ4n) is 5.91. The molecule has 2 aromatic carbocycles. The molecule has 1 N–H and O–H groups in total. The topological polar surface area (TPSA) is 60.9 Å². The largest absolute Gasteiger partial charge is 0.394 e. The van der Waals surface area contributed by atoms with E-state index in [1.165, 1.54) is 12.0 Å². The molecule has 2 amide bonds. The standard InChI is InChI=1S/C29H32N2O3/c32-20-26-28(23-16-14-22(15-17-23)11-7-10-21-8-3-1-4-9-21)25-18-30(19-27(33)31(25)26)29(34)24-12-5-2-6-13-24/h1,3-4,8-9,14-17,24-26,28,32H,2,5-6,10,12-13,18-20H2/t25-,26+,28+/m0/s1. The summed E-state index contributed by atoms with van der Waals surface area (Å²) in [6.45, 7) is 0.633. The lowest BCUT2D eigenvalue weighted by Gasteiger charge is -2.59. The van der Waals surface area contributed by atoms with Crippen molar-refractivity contribution in [3.63, 3.8) is 0 Å². The lowest BCUT2D eigenvalue weighted by Crippen LogP contribution is -2.73. The molecule has 2 aliphatic heterocycles. The third kappa shape index (κ3) is 4.48. The molecule has 2 heterocycles. The Balaban J connectivity index is 1.28. The molecule has 2 saturated heterocycles. The number of benzene rings is 2. The van der Waals surface area contributed by atoms with Gasteiger partial charge in [0.1, 0.15) is 0 Å². The minimum Gasteiger partial charge on any atom is -0.394 e.